The number of benzene rings is 1. The first-order valence-electron chi connectivity index (χ1n) is 9.55. The number of hydrogen-bond donors (Lipinski definition) is 0. The Hall–Kier alpha value is 0.01000. The van der Waals surface area contributed by atoms with Crippen molar-refractivity contribution in [3.63, 3.8) is 0 Å². The molecule has 0 nitrogen and oxygen atoms in total. The molecule has 0 aliphatic carbocycles. The zero-order valence-corrected chi connectivity index (χ0v) is 18.1. The monoisotopic (exact) mass is 382 g/mol. The van der Waals surface area contributed by atoms with Crippen molar-refractivity contribution in [2.75, 3.05) is 0 Å². The van der Waals surface area contributed by atoms with Gasteiger partial charge < -0.3 is 0 Å². The fraction of sp³-hybridized carbons (Fsp3) is 0.667. The topological polar surface area (TPSA) is 0 Å². The van der Waals surface area contributed by atoms with Gasteiger partial charge in [-0.25, -0.2) is 0 Å². The van der Waals surface area contributed by atoms with Crippen LogP contribution < -0.4 is 0 Å². The summed E-state index contributed by atoms with van der Waals surface area (Å²) in [5.74, 6) is 0. The van der Waals surface area contributed by atoms with Crippen LogP contribution in [0.25, 0.3) is 0 Å². The van der Waals surface area contributed by atoms with Crippen LogP contribution in [-0.2, 0) is 0 Å². The molecule has 0 N–H and O–H groups in total. The lowest BCUT2D eigenvalue weighted by molar-refractivity contribution is 0.564. The second-order valence-electron chi connectivity index (χ2n) is 6.61. The van der Waals surface area contributed by atoms with Crippen LogP contribution in [-0.4, -0.2) is 8.78 Å². The average Bonchev–Trinajstić information content (AvgIpc) is 2.58. The van der Waals surface area contributed by atoms with Crippen molar-refractivity contribution < 1.29 is 0 Å². The molecule has 0 amide bonds. The van der Waals surface area contributed by atoms with Gasteiger partial charge in [-0.05, 0) is 18.9 Å². The van der Waals surface area contributed by atoms with E-state index in [1.54, 1.807) is 0 Å². The van der Waals surface area contributed by atoms with Gasteiger partial charge in [0.2, 0.25) is 0 Å². The molecule has 3 heteroatoms. The van der Waals surface area contributed by atoms with Crippen LogP contribution >= 0.6 is 35.7 Å². The number of thiocarbonyl (C=S) groups is 1. The first-order chi connectivity index (χ1) is 11.6. The molecule has 2 atom stereocenters. The SMILES string of the molecule is CCCCCCCCCCC(C)SC(=S)SC(C)c1ccccc1. The van der Waals surface area contributed by atoms with Gasteiger partial charge in [-0.3, -0.25) is 0 Å². The Morgan fingerprint density at radius 1 is 0.875 bits per heavy atom. The first-order valence-corrected chi connectivity index (χ1v) is 11.7. The highest BCUT2D eigenvalue weighted by Crippen LogP contribution is 2.35. The molecule has 0 spiro atoms. The molecule has 0 fully saturated rings. The van der Waals surface area contributed by atoms with Gasteiger partial charge in [0.1, 0.15) is 3.53 Å². The minimum Gasteiger partial charge on any atom is -0.105 e. The summed E-state index contributed by atoms with van der Waals surface area (Å²) in [4.78, 5) is 0. The fourth-order valence-electron chi connectivity index (χ4n) is 2.75. The van der Waals surface area contributed by atoms with Gasteiger partial charge in [0.25, 0.3) is 0 Å². The summed E-state index contributed by atoms with van der Waals surface area (Å²) in [6, 6.07) is 10.7. The Morgan fingerprint density at radius 3 is 2.08 bits per heavy atom. The van der Waals surface area contributed by atoms with Gasteiger partial charge in [0, 0.05) is 10.5 Å². The second-order valence-corrected chi connectivity index (χ2v) is 10.6. The second kappa shape index (κ2) is 14.2. The van der Waals surface area contributed by atoms with Crippen LogP contribution in [0.15, 0.2) is 30.3 Å². The van der Waals surface area contributed by atoms with E-state index >= 15 is 0 Å². The molecule has 136 valence electrons. The molecule has 0 saturated heterocycles. The molecular weight excluding hydrogens is 348 g/mol. The third-order valence-electron chi connectivity index (χ3n) is 4.30. The lowest BCUT2D eigenvalue weighted by atomic mass is 10.1. The van der Waals surface area contributed by atoms with E-state index in [0.29, 0.717) is 10.5 Å². The van der Waals surface area contributed by atoms with E-state index in [4.69, 9.17) is 12.2 Å². The third-order valence-corrected chi connectivity index (χ3v) is 7.11. The summed E-state index contributed by atoms with van der Waals surface area (Å²) in [5, 5.41) is 1.09. The van der Waals surface area contributed by atoms with Crippen LogP contribution in [0, 0.1) is 0 Å². The van der Waals surface area contributed by atoms with E-state index in [9.17, 15) is 0 Å². The van der Waals surface area contributed by atoms with Crippen LogP contribution in [0.5, 0.6) is 0 Å². The molecule has 0 heterocycles. The Bertz CT molecular complexity index is 430. The summed E-state index contributed by atoms with van der Waals surface area (Å²) in [6.45, 7) is 6.85. The first kappa shape index (κ1) is 22.1. The van der Waals surface area contributed by atoms with Crippen LogP contribution in [0.2, 0.25) is 0 Å². The zero-order valence-electron chi connectivity index (χ0n) is 15.6. The Labute approximate surface area is 164 Å². The average molecular weight is 383 g/mol. The largest absolute Gasteiger partial charge is 0.105 e. The summed E-state index contributed by atoms with van der Waals surface area (Å²) in [5.41, 5.74) is 1.36. The number of unbranched alkanes of at least 4 members (excludes halogenated alkanes) is 7. The van der Waals surface area contributed by atoms with E-state index in [1.807, 2.05) is 23.5 Å². The Balaban J connectivity index is 2.07. The van der Waals surface area contributed by atoms with Gasteiger partial charge in [-0.15, -0.1) is 11.8 Å². The maximum Gasteiger partial charge on any atom is 0.105 e. The molecule has 1 rings (SSSR count). The molecular formula is C21H34S3. The molecule has 0 saturated carbocycles. The summed E-state index contributed by atoms with van der Waals surface area (Å²) in [6.07, 6.45) is 12.5. The number of hydrogen-bond acceptors (Lipinski definition) is 3. The van der Waals surface area contributed by atoms with E-state index in [-0.39, 0.29) is 0 Å². The van der Waals surface area contributed by atoms with E-state index < -0.39 is 0 Å². The van der Waals surface area contributed by atoms with Gasteiger partial charge in [0.15, 0.2) is 0 Å². The third kappa shape index (κ3) is 10.8. The van der Waals surface area contributed by atoms with Crippen molar-refractivity contribution in [2.45, 2.75) is 89.1 Å². The summed E-state index contributed by atoms with van der Waals surface area (Å²) < 4.78 is 1.10. The van der Waals surface area contributed by atoms with E-state index in [0.717, 1.165) is 3.53 Å². The summed E-state index contributed by atoms with van der Waals surface area (Å²) in [7, 11) is 0. The molecule has 24 heavy (non-hydrogen) atoms. The standard InChI is InChI=1S/C21H34S3/c1-4-5-6-7-8-9-10-12-15-18(2)23-21(22)24-19(3)20-16-13-11-14-17-20/h11,13-14,16-19H,4-10,12,15H2,1-3H3. The van der Waals surface area contributed by atoms with Gasteiger partial charge >= 0.3 is 0 Å². The zero-order chi connectivity index (χ0) is 17.6. The Kier molecular flexibility index (Phi) is 13.1. The van der Waals surface area contributed by atoms with Crippen LogP contribution in [0.1, 0.15) is 89.4 Å². The lowest BCUT2D eigenvalue weighted by Crippen LogP contribution is -2.00. The number of rotatable bonds is 12. The molecule has 0 aliphatic rings. The van der Waals surface area contributed by atoms with Crippen molar-refractivity contribution >= 4 is 39.3 Å². The lowest BCUT2D eigenvalue weighted by Gasteiger charge is -2.15. The molecule has 0 radical (unpaired) electrons. The molecule has 1 aromatic rings. The van der Waals surface area contributed by atoms with Crippen LogP contribution in [0.3, 0.4) is 0 Å². The Morgan fingerprint density at radius 2 is 1.46 bits per heavy atom. The molecule has 0 aliphatic heterocycles. The fourth-order valence-corrected chi connectivity index (χ4v) is 6.02. The minimum absolute atomic E-state index is 0.446. The highest BCUT2D eigenvalue weighted by Gasteiger charge is 2.12. The molecule has 0 bridgehead atoms. The number of thioether (sulfide) groups is 2. The van der Waals surface area contributed by atoms with Crippen LogP contribution in [0.4, 0.5) is 0 Å². The van der Waals surface area contributed by atoms with Crippen molar-refractivity contribution in [2.24, 2.45) is 0 Å². The van der Waals surface area contributed by atoms with Gasteiger partial charge in [-0.1, -0.05) is 120 Å². The highest BCUT2D eigenvalue weighted by molar-refractivity contribution is 8.47. The predicted octanol–water partition coefficient (Wildman–Crippen LogP) is 8.42. The molecule has 0 aromatic heterocycles. The highest BCUT2D eigenvalue weighted by atomic mass is 32.2. The normalized spacial score (nSPS) is 13.6. The predicted molar refractivity (Wildman–Crippen MR) is 119 cm³/mol. The van der Waals surface area contributed by atoms with Crippen molar-refractivity contribution in [1.82, 2.24) is 0 Å². The van der Waals surface area contributed by atoms with Gasteiger partial charge in [0.05, 0.1) is 0 Å². The smallest absolute Gasteiger partial charge is 0.105 e. The van der Waals surface area contributed by atoms with Crippen molar-refractivity contribution in [3.8, 4) is 0 Å². The van der Waals surface area contributed by atoms with Crippen molar-refractivity contribution in [3.05, 3.63) is 35.9 Å². The molecule has 1 aromatic carbocycles. The van der Waals surface area contributed by atoms with E-state index in [2.05, 4.69) is 51.1 Å². The quantitative estimate of drug-likeness (QED) is 0.263. The summed E-state index contributed by atoms with van der Waals surface area (Å²) >= 11 is 9.32. The van der Waals surface area contributed by atoms with E-state index in [1.165, 1.54) is 63.4 Å². The van der Waals surface area contributed by atoms with Crippen molar-refractivity contribution in [1.29, 1.82) is 0 Å². The molecule has 2 unspecified atom stereocenters. The maximum absolute atomic E-state index is 5.59. The minimum atomic E-state index is 0.446. The van der Waals surface area contributed by atoms with Gasteiger partial charge in [-0.2, -0.15) is 0 Å². The maximum atomic E-state index is 5.59.